The summed E-state index contributed by atoms with van der Waals surface area (Å²) in [6.07, 6.45) is 0. The lowest BCUT2D eigenvalue weighted by Crippen LogP contribution is -1.85. The summed E-state index contributed by atoms with van der Waals surface area (Å²) in [7, 11) is 0.952. The second-order valence-corrected chi connectivity index (χ2v) is 3.72. The van der Waals surface area contributed by atoms with E-state index < -0.39 is 0 Å². The molecule has 0 heterocycles. The van der Waals surface area contributed by atoms with E-state index in [0.717, 1.165) is 13.7 Å². The summed E-state index contributed by atoms with van der Waals surface area (Å²) < 4.78 is 4.00. The highest BCUT2D eigenvalue weighted by atomic mass is 31.1. The van der Waals surface area contributed by atoms with E-state index in [1.807, 2.05) is 36.1 Å². The zero-order valence-electron chi connectivity index (χ0n) is 5.73. The average Bonchev–Trinajstić information content (AvgIpc) is 2.07. The molecule has 0 fully saturated rings. The van der Waals surface area contributed by atoms with Crippen molar-refractivity contribution in [1.82, 2.24) is 0 Å². The van der Waals surface area contributed by atoms with E-state index in [1.54, 1.807) is 0 Å². The topological polar surface area (TPSA) is 36.1 Å². The Hall–Kier alpha value is -0.760. The minimum Gasteiger partial charge on any atom is -0.228 e. The lowest BCUT2D eigenvalue weighted by atomic mass is 10.4. The van der Waals surface area contributed by atoms with E-state index in [9.17, 15) is 0 Å². The molecule has 0 N–H and O–H groups in total. The molecule has 0 aliphatic rings. The minimum atomic E-state index is 0.0586. The van der Waals surface area contributed by atoms with Gasteiger partial charge >= 0.3 is 0 Å². The molecule has 11 heavy (non-hydrogen) atoms. The maximum absolute atomic E-state index is 8.21. The maximum Gasteiger partial charge on any atom is 0.114 e. The van der Waals surface area contributed by atoms with Crippen molar-refractivity contribution < 1.29 is 0 Å². The van der Waals surface area contributed by atoms with Gasteiger partial charge in [-0.1, -0.05) is 18.2 Å². The molecule has 0 amide bonds. The van der Waals surface area contributed by atoms with Gasteiger partial charge < -0.3 is 0 Å². The van der Waals surface area contributed by atoms with Crippen LogP contribution in [0.25, 0.3) is 0 Å². The number of nitrogens with zero attached hydrogens (tertiary/aromatic N) is 2. The predicted octanol–water partition coefficient (Wildman–Crippen LogP) is 2.52. The molecule has 0 aromatic heterocycles. The van der Waals surface area contributed by atoms with Gasteiger partial charge in [0.1, 0.15) is 14.5 Å². The Morgan fingerprint density at radius 3 is 2.73 bits per heavy atom. The van der Waals surface area contributed by atoms with Crippen LogP contribution < -0.4 is 5.30 Å². The van der Waals surface area contributed by atoms with Gasteiger partial charge in [0.15, 0.2) is 0 Å². The van der Waals surface area contributed by atoms with Crippen molar-refractivity contribution in [1.29, 1.82) is 5.26 Å². The first kappa shape index (κ1) is 8.34. The van der Waals surface area contributed by atoms with Crippen LogP contribution in [0.2, 0.25) is 0 Å². The van der Waals surface area contributed by atoms with Crippen LogP contribution in [0, 0.1) is 11.1 Å². The van der Waals surface area contributed by atoms with Gasteiger partial charge in [0.25, 0.3) is 0 Å². The van der Waals surface area contributed by atoms with Crippen LogP contribution in [0.5, 0.6) is 0 Å². The van der Waals surface area contributed by atoms with Crippen LogP contribution >= 0.6 is 17.1 Å². The molecule has 1 atom stereocenters. The standard InChI is InChI=1S/C7H6N2P2/c8-6-10-9-11-7-4-2-1-3-5-7/h1-5,10H. The Bertz CT molecular complexity index is 276. The highest BCUT2D eigenvalue weighted by Gasteiger charge is 1.82. The Labute approximate surface area is 69.0 Å². The van der Waals surface area contributed by atoms with E-state index in [4.69, 9.17) is 5.26 Å². The van der Waals surface area contributed by atoms with E-state index in [0.29, 0.717) is 0 Å². The third-order valence-corrected chi connectivity index (χ3v) is 2.45. The molecule has 0 saturated heterocycles. The Morgan fingerprint density at radius 1 is 1.36 bits per heavy atom. The number of hydrogen-bond donors (Lipinski definition) is 0. The molecule has 54 valence electrons. The number of rotatable bonds is 2. The van der Waals surface area contributed by atoms with Crippen LogP contribution in [-0.2, 0) is 0 Å². The fraction of sp³-hybridized carbons (Fsp3) is 0. The van der Waals surface area contributed by atoms with Crippen molar-refractivity contribution in [2.24, 2.45) is 4.52 Å². The van der Waals surface area contributed by atoms with Gasteiger partial charge in [-0.2, -0.15) is 5.26 Å². The molecule has 1 aromatic rings. The molecule has 1 rings (SSSR count). The second-order valence-electron chi connectivity index (χ2n) is 1.76. The number of nitriles is 1. The first-order valence-corrected chi connectivity index (χ1v) is 4.83. The average molecular weight is 180 g/mol. The Morgan fingerprint density at radius 2 is 2.09 bits per heavy atom. The molecule has 0 aliphatic carbocycles. The smallest absolute Gasteiger partial charge is 0.114 e. The summed E-state index contributed by atoms with van der Waals surface area (Å²) in [6.45, 7) is 0. The lowest BCUT2D eigenvalue weighted by Gasteiger charge is -1.85. The second kappa shape index (κ2) is 4.97. The summed E-state index contributed by atoms with van der Waals surface area (Å²) in [4.78, 5) is 0. The van der Waals surface area contributed by atoms with E-state index >= 15 is 0 Å². The monoisotopic (exact) mass is 180 g/mol. The molecular formula is C7H6N2P2. The highest BCUT2D eigenvalue weighted by Crippen LogP contribution is 2.15. The molecule has 0 saturated carbocycles. The summed E-state index contributed by atoms with van der Waals surface area (Å²) in [5, 5.41) is 9.34. The summed E-state index contributed by atoms with van der Waals surface area (Å²) in [5.41, 5.74) is 0. The van der Waals surface area contributed by atoms with Crippen molar-refractivity contribution in [3.8, 4) is 5.81 Å². The van der Waals surface area contributed by atoms with Crippen LogP contribution in [0.15, 0.2) is 34.8 Å². The van der Waals surface area contributed by atoms with Crippen molar-refractivity contribution >= 4 is 22.4 Å². The normalized spacial score (nSPS) is 10.8. The molecule has 0 radical (unpaired) electrons. The van der Waals surface area contributed by atoms with Crippen molar-refractivity contribution in [2.75, 3.05) is 0 Å². The van der Waals surface area contributed by atoms with Gasteiger partial charge in [-0.25, -0.2) is 4.52 Å². The van der Waals surface area contributed by atoms with Crippen molar-refractivity contribution in [3.63, 3.8) is 0 Å². The van der Waals surface area contributed by atoms with Crippen LogP contribution in [-0.4, -0.2) is 0 Å². The SMILES string of the molecule is N#CPN=Pc1ccccc1. The zero-order chi connectivity index (χ0) is 7.94. The van der Waals surface area contributed by atoms with Gasteiger partial charge in [0, 0.05) is 13.7 Å². The Kier molecular flexibility index (Phi) is 3.76. The number of benzene rings is 1. The van der Waals surface area contributed by atoms with E-state index in [2.05, 4.69) is 4.52 Å². The quantitative estimate of drug-likeness (QED) is 0.644. The zero-order valence-corrected chi connectivity index (χ0v) is 7.62. The first-order chi connectivity index (χ1) is 5.43. The fourth-order valence-electron chi connectivity index (χ4n) is 0.600. The highest BCUT2D eigenvalue weighted by molar-refractivity contribution is 7.51. The van der Waals surface area contributed by atoms with Crippen LogP contribution in [0.1, 0.15) is 0 Å². The summed E-state index contributed by atoms with van der Waals surface area (Å²) >= 11 is 0. The van der Waals surface area contributed by atoms with Crippen molar-refractivity contribution in [2.45, 2.75) is 0 Å². The van der Waals surface area contributed by atoms with Gasteiger partial charge in [0.2, 0.25) is 0 Å². The molecule has 0 bridgehead atoms. The molecule has 1 unspecified atom stereocenters. The van der Waals surface area contributed by atoms with Gasteiger partial charge in [-0.15, -0.1) is 0 Å². The summed E-state index contributed by atoms with van der Waals surface area (Å²) in [5.74, 6) is 1.99. The molecule has 4 heteroatoms. The van der Waals surface area contributed by atoms with E-state index in [1.165, 1.54) is 0 Å². The number of hydrogen-bond acceptors (Lipinski definition) is 2. The molecule has 0 aliphatic heterocycles. The van der Waals surface area contributed by atoms with Gasteiger partial charge in [0.05, 0.1) is 0 Å². The maximum atomic E-state index is 8.21. The molecular weight excluding hydrogens is 174 g/mol. The van der Waals surface area contributed by atoms with Gasteiger partial charge in [-0.05, 0) is 12.1 Å². The molecule has 1 aromatic carbocycles. The Balaban J connectivity index is 2.59. The summed E-state index contributed by atoms with van der Waals surface area (Å²) in [6, 6.07) is 9.88. The first-order valence-electron chi connectivity index (χ1n) is 3.03. The van der Waals surface area contributed by atoms with Crippen molar-refractivity contribution in [3.05, 3.63) is 30.3 Å². The third kappa shape index (κ3) is 3.23. The van der Waals surface area contributed by atoms with Crippen LogP contribution in [0.4, 0.5) is 0 Å². The minimum absolute atomic E-state index is 0.0586. The predicted molar refractivity (Wildman–Crippen MR) is 49.4 cm³/mol. The van der Waals surface area contributed by atoms with Gasteiger partial charge in [-0.3, -0.25) is 0 Å². The fourth-order valence-corrected chi connectivity index (χ4v) is 1.75. The van der Waals surface area contributed by atoms with Crippen LogP contribution in [0.3, 0.4) is 0 Å². The molecule has 0 spiro atoms. The van der Waals surface area contributed by atoms with E-state index in [-0.39, 0.29) is 8.73 Å². The molecule has 2 nitrogen and oxygen atoms in total. The lowest BCUT2D eigenvalue weighted by molar-refractivity contribution is 1.56. The largest absolute Gasteiger partial charge is 0.228 e. The third-order valence-electron chi connectivity index (χ3n) is 1.02.